The summed E-state index contributed by atoms with van der Waals surface area (Å²) in [4.78, 5) is 0. The van der Waals surface area contributed by atoms with Crippen molar-refractivity contribution in [3.8, 4) is 0 Å². The molecule has 2 rings (SSSR count). The molecule has 1 saturated heterocycles. The Morgan fingerprint density at radius 3 is 2.67 bits per heavy atom. The summed E-state index contributed by atoms with van der Waals surface area (Å²) in [6, 6.07) is 2.32. The Morgan fingerprint density at radius 2 is 2.13 bits per heavy atom. The molecular formula is C11H17ClN2O. The predicted octanol–water partition coefficient (Wildman–Crippen LogP) is 3.01. The summed E-state index contributed by atoms with van der Waals surface area (Å²) in [5, 5.41) is 5.30. The van der Waals surface area contributed by atoms with E-state index in [0.717, 1.165) is 36.9 Å². The van der Waals surface area contributed by atoms with Gasteiger partial charge in [-0.2, -0.15) is 5.10 Å². The van der Waals surface area contributed by atoms with Crippen LogP contribution in [0.1, 0.15) is 44.3 Å². The number of halogens is 1. The van der Waals surface area contributed by atoms with Crippen molar-refractivity contribution < 1.29 is 4.74 Å². The maximum atomic E-state index is 6.13. The molecule has 0 amide bonds. The second-order valence-corrected chi connectivity index (χ2v) is 4.70. The molecule has 0 unspecified atom stereocenters. The summed E-state index contributed by atoms with van der Waals surface area (Å²) in [6.45, 7) is 5.87. The van der Waals surface area contributed by atoms with Crippen LogP contribution in [0.15, 0.2) is 6.07 Å². The van der Waals surface area contributed by atoms with Gasteiger partial charge in [-0.3, -0.25) is 4.68 Å². The largest absolute Gasteiger partial charge is 0.381 e. The average molecular weight is 229 g/mol. The first-order chi connectivity index (χ1) is 7.18. The molecular weight excluding hydrogens is 212 g/mol. The van der Waals surface area contributed by atoms with Gasteiger partial charge in [-0.1, -0.05) is 11.6 Å². The first-order valence-electron chi connectivity index (χ1n) is 5.51. The minimum atomic E-state index is 0.325. The third-order valence-corrected chi connectivity index (χ3v) is 3.12. The van der Waals surface area contributed by atoms with Crippen molar-refractivity contribution in [2.75, 3.05) is 13.2 Å². The lowest BCUT2D eigenvalue weighted by Gasteiger charge is -2.20. The van der Waals surface area contributed by atoms with E-state index in [1.54, 1.807) is 0 Å². The molecule has 84 valence electrons. The van der Waals surface area contributed by atoms with E-state index in [-0.39, 0.29) is 0 Å². The van der Waals surface area contributed by atoms with Crippen LogP contribution >= 0.6 is 11.6 Å². The minimum Gasteiger partial charge on any atom is -0.381 e. The highest BCUT2D eigenvalue weighted by molar-refractivity contribution is 6.29. The van der Waals surface area contributed by atoms with Gasteiger partial charge in [-0.15, -0.1) is 0 Å². The molecule has 0 spiro atoms. The predicted molar refractivity (Wildman–Crippen MR) is 60.4 cm³/mol. The van der Waals surface area contributed by atoms with Gasteiger partial charge in [-0.25, -0.2) is 0 Å². The molecule has 0 aromatic carbocycles. The van der Waals surface area contributed by atoms with E-state index in [0.29, 0.717) is 12.0 Å². The molecule has 15 heavy (non-hydrogen) atoms. The number of hydrogen-bond acceptors (Lipinski definition) is 2. The number of aromatic nitrogens is 2. The molecule has 1 aliphatic rings. The Bertz CT molecular complexity index is 329. The van der Waals surface area contributed by atoms with E-state index in [4.69, 9.17) is 16.3 Å². The third kappa shape index (κ3) is 2.34. The Hall–Kier alpha value is -0.540. The summed E-state index contributed by atoms with van der Waals surface area (Å²) >= 11 is 6.13. The zero-order valence-corrected chi connectivity index (χ0v) is 10.00. The SMILES string of the molecule is CC(C)n1nc(C2CCOCC2)cc1Cl. The maximum absolute atomic E-state index is 6.13. The summed E-state index contributed by atoms with van der Waals surface area (Å²) in [6.07, 6.45) is 2.12. The molecule has 2 heterocycles. The van der Waals surface area contributed by atoms with E-state index in [2.05, 4.69) is 18.9 Å². The van der Waals surface area contributed by atoms with E-state index in [1.165, 1.54) is 0 Å². The van der Waals surface area contributed by atoms with Gasteiger partial charge in [-0.05, 0) is 32.8 Å². The number of nitrogens with zero attached hydrogens (tertiary/aromatic N) is 2. The lowest BCUT2D eigenvalue weighted by atomic mass is 9.97. The van der Waals surface area contributed by atoms with Crippen LogP contribution in [-0.4, -0.2) is 23.0 Å². The third-order valence-electron chi connectivity index (χ3n) is 2.84. The van der Waals surface area contributed by atoms with Gasteiger partial charge in [0.2, 0.25) is 0 Å². The second-order valence-electron chi connectivity index (χ2n) is 4.32. The van der Waals surface area contributed by atoms with Crippen molar-refractivity contribution in [1.82, 2.24) is 9.78 Å². The van der Waals surface area contributed by atoms with E-state index < -0.39 is 0 Å². The number of ether oxygens (including phenoxy) is 1. The van der Waals surface area contributed by atoms with E-state index >= 15 is 0 Å². The molecule has 4 heteroatoms. The van der Waals surface area contributed by atoms with Crippen molar-refractivity contribution in [3.05, 3.63) is 16.9 Å². The Morgan fingerprint density at radius 1 is 1.47 bits per heavy atom. The summed E-state index contributed by atoms with van der Waals surface area (Å²) in [5.74, 6) is 0.524. The molecule has 1 fully saturated rings. The highest BCUT2D eigenvalue weighted by atomic mass is 35.5. The minimum absolute atomic E-state index is 0.325. The van der Waals surface area contributed by atoms with Crippen molar-refractivity contribution in [3.63, 3.8) is 0 Å². The Kier molecular flexibility index (Phi) is 3.32. The van der Waals surface area contributed by atoms with Crippen LogP contribution in [0, 0.1) is 0 Å². The van der Waals surface area contributed by atoms with Gasteiger partial charge in [0.15, 0.2) is 0 Å². The zero-order valence-electron chi connectivity index (χ0n) is 9.24. The van der Waals surface area contributed by atoms with Gasteiger partial charge in [0.05, 0.1) is 5.69 Å². The quantitative estimate of drug-likeness (QED) is 0.778. The van der Waals surface area contributed by atoms with E-state index in [9.17, 15) is 0 Å². The van der Waals surface area contributed by atoms with Crippen LogP contribution in [-0.2, 0) is 4.74 Å². The smallest absolute Gasteiger partial charge is 0.127 e. The topological polar surface area (TPSA) is 27.1 Å². The van der Waals surface area contributed by atoms with Crippen LogP contribution in [0.5, 0.6) is 0 Å². The molecule has 0 N–H and O–H groups in total. The van der Waals surface area contributed by atoms with Crippen LogP contribution in [0.25, 0.3) is 0 Å². The lowest BCUT2D eigenvalue weighted by Crippen LogP contribution is -2.15. The molecule has 0 aliphatic carbocycles. The van der Waals surface area contributed by atoms with Gasteiger partial charge in [0, 0.05) is 25.2 Å². The maximum Gasteiger partial charge on any atom is 0.127 e. The molecule has 1 aromatic rings. The highest BCUT2D eigenvalue weighted by Gasteiger charge is 2.20. The standard InChI is InChI=1S/C11H17ClN2O/c1-8(2)14-11(12)7-10(13-14)9-3-5-15-6-4-9/h7-9H,3-6H2,1-2H3. The molecule has 0 saturated carbocycles. The molecule has 1 aromatic heterocycles. The molecule has 0 bridgehead atoms. The average Bonchev–Trinajstić information content (AvgIpc) is 2.62. The van der Waals surface area contributed by atoms with Crippen molar-refractivity contribution in [2.45, 2.75) is 38.6 Å². The Labute approximate surface area is 95.4 Å². The zero-order chi connectivity index (χ0) is 10.8. The fraction of sp³-hybridized carbons (Fsp3) is 0.727. The second kappa shape index (κ2) is 4.54. The number of hydrogen-bond donors (Lipinski definition) is 0. The summed E-state index contributed by atoms with van der Waals surface area (Å²) in [5.41, 5.74) is 1.12. The van der Waals surface area contributed by atoms with Crippen molar-refractivity contribution in [1.29, 1.82) is 0 Å². The van der Waals surface area contributed by atoms with Crippen molar-refractivity contribution >= 4 is 11.6 Å². The normalized spacial score (nSPS) is 18.7. The first kappa shape index (κ1) is 11.0. The fourth-order valence-electron chi connectivity index (χ4n) is 1.94. The van der Waals surface area contributed by atoms with Crippen LogP contribution < -0.4 is 0 Å². The molecule has 0 atom stereocenters. The van der Waals surface area contributed by atoms with Gasteiger partial charge in [0.25, 0.3) is 0 Å². The summed E-state index contributed by atoms with van der Waals surface area (Å²) in [7, 11) is 0. The number of rotatable bonds is 2. The van der Waals surface area contributed by atoms with Gasteiger partial charge in [0.1, 0.15) is 5.15 Å². The van der Waals surface area contributed by atoms with Crippen LogP contribution in [0.4, 0.5) is 0 Å². The Balaban J connectivity index is 2.17. The molecule has 1 aliphatic heterocycles. The van der Waals surface area contributed by atoms with Crippen molar-refractivity contribution in [2.24, 2.45) is 0 Å². The van der Waals surface area contributed by atoms with Gasteiger partial charge < -0.3 is 4.74 Å². The first-order valence-corrected chi connectivity index (χ1v) is 5.89. The molecule has 0 radical (unpaired) electrons. The monoisotopic (exact) mass is 228 g/mol. The van der Waals surface area contributed by atoms with E-state index in [1.807, 2.05) is 10.7 Å². The van der Waals surface area contributed by atoms with Crippen LogP contribution in [0.3, 0.4) is 0 Å². The fourth-order valence-corrected chi connectivity index (χ4v) is 2.29. The summed E-state index contributed by atoms with van der Waals surface area (Å²) < 4.78 is 7.22. The molecule has 3 nitrogen and oxygen atoms in total. The highest BCUT2D eigenvalue weighted by Crippen LogP contribution is 2.28. The van der Waals surface area contributed by atoms with Crippen LogP contribution in [0.2, 0.25) is 5.15 Å². The van der Waals surface area contributed by atoms with Gasteiger partial charge >= 0.3 is 0 Å². The lowest BCUT2D eigenvalue weighted by molar-refractivity contribution is 0.0843.